The van der Waals surface area contributed by atoms with Crippen LogP contribution < -0.4 is 0 Å². The van der Waals surface area contributed by atoms with Gasteiger partial charge in [-0.15, -0.1) is 0 Å². The van der Waals surface area contributed by atoms with E-state index in [-0.39, 0.29) is 33.6 Å². The van der Waals surface area contributed by atoms with E-state index in [2.05, 4.69) is 6.92 Å². The second-order valence-corrected chi connectivity index (χ2v) is 11.7. The van der Waals surface area contributed by atoms with Gasteiger partial charge in [0.2, 0.25) is 0 Å². The predicted molar refractivity (Wildman–Crippen MR) is 99.8 cm³/mol. The Kier molecular flexibility index (Phi) is 2.75. The summed E-state index contributed by atoms with van der Waals surface area (Å²) in [4.78, 5) is 0. The molecule has 6 nitrogen and oxygen atoms in total. The third-order valence-corrected chi connectivity index (χ3v) is 11.4. The topological polar surface area (TPSA) is 66.4 Å². The van der Waals surface area contributed by atoms with Crippen LogP contribution in [0.2, 0.25) is 0 Å². The minimum atomic E-state index is -0.525. The fraction of sp³-hybridized carbons (Fsp3) is 1.00. The van der Waals surface area contributed by atoms with Crippen LogP contribution in [0.4, 0.5) is 0 Å². The number of hydrogen-bond acceptors (Lipinski definition) is 6. The van der Waals surface area contributed by atoms with Gasteiger partial charge >= 0.3 is 0 Å². The number of rotatable bonds is 0. The lowest BCUT2D eigenvalue weighted by Crippen LogP contribution is -2.64. The van der Waals surface area contributed by atoms with E-state index in [1.807, 2.05) is 0 Å². The fourth-order valence-electron chi connectivity index (χ4n) is 10.6. The SMILES string of the molecule is C[C@]12C[C@H](O)C34C[C@]35CCC3(C[C@]56CCC4(O6)[C@@H]1CCC21OCCO1)OCCO3. The van der Waals surface area contributed by atoms with E-state index in [4.69, 9.17) is 23.7 Å². The molecule has 0 aromatic rings. The van der Waals surface area contributed by atoms with Gasteiger partial charge in [-0.1, -0.05) is 6.92 Å². The maximum absolute atomic E-state index is 11.8. The molecule has 8 fully saturated rings. The molecule has 0 aromatic heterocycles. The van der Waals surface area contributed by atoms with Crippen LogP contribution in [0.15, 0.2) is 0 Å². The van der Waals surface area contributed by atoms with Gasteiger partial charge in [0.1, 0.15) is 0 Å². The summed E-state index contributed by atoms with van der Waals surface area (Å²) in [6, 6.07) is 0. The summed E-state index contributed by atoms with van der Waals surface area (Å²) in [5, 5.41) is 11.8. The molecule has 4 aliphatic heterocycles. The molecular weight excluding hydrogens is 372 g/mol. The van der Waals surface area contributed by atoms with Crippen LogP contribution in [0, 0.1) is 22.2 Å². The second kappa shape index (κ2) is 4.60. The first kappa shape index (κ1) is 17.3. The van der Waals surface area contributed by atoms with Crippen LogP contribution in [0.3, 0.4) is 0 Å². The number of fused-ring (bicyclic) bond motifs is 2. The quantitative estimate of drug-likeness (QED) is 0.669. The lowest BCUT2D eigenvalue weighted by Gasteiger charge is -2.58. The number of aliphatic hydroxyl groups excluding tert-OH is 1. The molecule has 4 saturated carbocycles. The van der Waals surface area contributed by atoms with Gasteiger partial charge in [0.05, 0.1) is 43.7 Å². The van der Waals surface area contributed by atoms with Crippen LogP contribution in [0.5, 0.6) is 0 Å². The van der Waals surface area contributed by atoms with Crippen LogP contribution in [-0.2, 0) is 23.7 Å². The van der Waals surface area contributed by atoms with Crippen molar-refractivity contribution in [1.29, 1.82) is 0 Å². The van der Waals surface area contributed by atoms with E-state index in [1.54, 1.807) is 0 Å². The molecule has 160 valence electrons. The molecule has 0 aromatic carbocycles. The third-order valence-electron chi connectivity index (χ3n) is 11.4. The van der Waals surface area contributed by atoms with Gasteiger partial charge in [-0.3, -0.25) is 0 Å². The minimum absolute atomic E-state index is 0.0766. The van der Waals surface area contributed by atoms with Crippen molar-refractivity contribution < 1.29 is 28.8 Å². The van der Waals surface area contributed by atoms with Crippen molar-refractivity contribution in [3.05, 3.63) is 0 Å². The third kappa shape index (κ3) is 1.45. The monoisotopic (exact) mass is 404 g/mol. The first-order valence-corrected chi connectivity index (χ1v) is 11.9. The zero-order valence-electron chi connectivity index (χ0n) is 17.3. The van der Waals surface area contributed by atoms with Crippen molar-refractivity contribution in [1.82, 2.24) is 0 Å². The lowest BCUT2D eigenvalue weighted by molar-refractivity contribution is -0.282. The van der Waals surface area contributed by atoms with Crippen molar-refractivity contribution >= 4 is 0 Å². The van der Waals surface area contributed by atoms with Crippen molar-refractivity contribution in [3.8, 4) is 0 Å². The van der Waals surface area contributed by atoms with Gasteiger partial charge in [0, 0.05) is 35.5 Å². The molecule has 4 heterocycles. The Morgan fingerprint density at radius 2 is 1.59 bits per heavy atom. The van der Waals surface area contributed by atoms with E-state index < -0.39 is 11.6 Å². The Balaban J connectivity index is 1.27. The minimum Gasteiger partial charge on any atom is -0.392 e. The molecular formula is C23H32O6. The van der Waals surface area contributed by atoms with E-state index >= 15 is 0 Å². The van der Waals surface area contributed by atoms with Crippen LogP contribution in [0.25, 0.3) is 0 Å². The second-order valence-electron chi connectivity index (χ2n) is 11.7. The zero-order chi connectivity index (χ0) is 19.4. The Morgan fingerprint density at radius 3 is 2.38 bits per heavy atom. The smallest absolute Gasteiger partial charge is 0.174 e. The molecule has 6 heteroatoms. The van der Waals surface area contributed by atoms with Crippen LogP contribution in [0.1, 0.15) is 64.7 Å². The van der Waals surface area contributed by atoms with Crippen molar-refractivity contribution in [3.63, 3.8) is 0 Å². The molecule has 4 saturated heterocycles. The van der Waals surface area contributed by atoms with Crippen LogP contribution >= 0.6 is 0 Å². The number of ether oxygens (including phenoxy) is 5. The first-order valence-electron chi connectivity index (χ1n) is 11.9. The summed E-state index contributed by atoms with van der Waals surface area (Å²) in [5.74, 6) is -0.582. The standard InChI is InChI=1S/C23H32O6/c1-17-12-16(24)21-13-18(21)4-6-20(25-8-9-26-20)14-19(18)5-7-22(21,29-19)15(17)2-3-23(17)27-10-11-28-23/h15-16,24H,2-14H2,1H3/t15-,16+,17+,18+,19-,21?,22?/m1/s1. The van der Waals surface area contributed by atoms with Gasteiger partial charge in [0.25, 0.3) is 0 Å². The molecule has 0 radical (unpaired) electrons. The zero-order valence-corrected chi connectivity index (χ0v) is 17.3. The fourth-order valence-corrected chi connectivity index (χ4v) is 10.6. The molecule has 2 unspecified atom stereocenters. The first-order chi connectivity index (χ1) is 13.9. The number of hydrogen-bond donors (Lipinski definition) is 1. The predicted octanol–water partition coefficient (Wildman–Crippen LogP) is 2.52. The van der Waals surface area contributed by atoms with E-state index in [0.717, 1.165) is 57.8 Å². The Bertz CT molecular complexity index is 803. The molecule has 1 N–H and O–H groups in total. The van der Waals surface area contributed by atoms with Gasteiger partial charge in [0.15, 0.2) is 11.6 Å². The van der Waals surface area contributed by atoms with Gasteiger partial charge < -0.3 is 28.8 Å². The van der Waals surface area contributed by atoms with Crippen molar-refractivity contribution in [2.75, 3.05) is 26.4 Å². The van der Waals surface area contributed by atoms with Crippen molar-refractivity contribution in [2.45, 2.75) is 93.6 Å². The molecule has 6 spiro atoms. The normalized spacial score (nSPS) is 62.3. The molecule has 4 aliphatic carbocycles. The lowest BCUT2D eigenvalue weighted by atomic mass is 9.48. The summed E-state index contributed by atoms with van der Waals surface area (Å²) in [6.07, 6.45) is 8.56. The molecule has 29 heavy (non-hydrogen) atoms. The van der Waals surface area contributed by atoms with E-state index in [0.29, 0.717) is 32.3 Å². The highest BCUT2D eigenvalue weighted by molar-refractivity contribution is 5.44. The maximum Gasteiger partial charge on any atom is 0.174 e. The van der Waals surface area contributed by atoms with Gasteiger partial charge in [-0.2, -0.15) is 0 Å². The van der Waals surface area contributed by atoms with E-state index in [1.165, 1.54) is 0 Å². The average Bonchev–Trinajstić information content (AvgIpc) is 3.23. The molecule has 0 amide bonds. The summed E-state index contributed by atoms with van der Waals surface area (Å²) in [5.41, 5.74) is -0.564. The Morgan fingerprint density at radius 1 is 0.828 bits per heavy atom. The highest BCUT2D eigenvalue weighted by Gasteiger charge is 2.98. The summed E-state index contributed by atoms with van der Waals surface area (Å²) in [6.45, 7) is 5.04. The van der Waals surface area contributed by atoms with Gasteiger partial charge in [-0.25, -0.2) is 0 Å². The Labute approximate surface area is 171 Å². The van der Waals surface area contributed by atoms with Crippen LogP contribution in [-0.4, -0.2) is 60.4 Å². The van der Waals surface area contributed by atoms with E-state index in [9.17, 15) is 5.11 Å². The highest BCUT2D eigenvalue weighted by atomic mass is 16.7. The summed E-state index contributed by atoms with van der Waals surface area (Å²) < 4.78 is 32.2. The molecule has 8 aliphatic rings. The van der Waals surface area contributed by atoms with Gasteiger partial charge in [-0.05, 0) is 44.4 Å². The largest absolute Gasteiger partial charge is 0.392 e. The summed E-state index contributed by atoms with van der Waals surface area (Å²) >= 11 is 0. The maximum atomic E-state index is 11.8. The molecule has 2 bridgehead atoms. The van der Waals surface area contributed by atoms with Crippen molar-refractivity contribution in [2.24, 2.45) is 22.2 Å². The average molecular weight is 405 g/mol. The summed E-state index contributed by atoms with van der Waals surface area (Å²) in [7, 11) is 0. The molecule has 7 atom stereocenters. The highest BCUT2D eigenvalue weighted by Crippen LogP contribution is 2.94. The molecule has 8 rings (SSSR count). The number of aliphatic hydroxyl groups is 1. The Hall–Kier alpha value is -0.240.